The first-order valence-corrected chi connectivity index (χ1v) is 7.27. The highest BCUT2D eigenvalue weighted by Gasteiger charge is 2.11. The Morgan fingerprint density at radius 2 is 2.00 bits per heavy atom. The second kappa shape index (κ2) is 6.67. The van der Waals surface area contributed by atoms with E-state index < -0.39 is 16.6 Å². The molecule has 0 radical (unpaired) electrons. The molecule has 0 saturated carbocycles. The van der Waals surface area contributed by atoms with E-state index in [0.717, 1.165) is 11.8 Å². The summed E-state index contributed by atoms with van der Waals surface area (Å²) < 4.78 is 57.5. The molecule has 0 aromatic heterocycles. The van der Waals surface area contributed by atoms with Gasteiger partial charge in [0.05, 0.1) is 13.4 Å². The quantitative estimate of drug-likeness (QED) is 0.825. The molecule has 108 valence electrons. The van der Waals surface area contributed by atoms with E-state index in [2.05, 4.69) is 9.46 Å². The second-order valence-electron chi connectivity index (χ2n) is 3.78. The Morgan fingerprint density at radius 1 is 1.32 bits per heavy atom. The van der Waals surface area contributed by atoms with Crippen molar-refractivity contribution in [2.45, 2.75) is 13.0 Å². The predicted octanol–water partition coefficient (Wildman–Crippen LogP) is 1.39. The van der Waals surface area contributed by atoms with Gasteiger partial charge in [-0.05, 0) is 24.1 Å². The summed E-state index contributed by atoms with van der Waals surface area (Å²) in [5.41, 5.74) is 0.745. The number of sulfonamides is 1. The number of benzene rings is 1. The topological polar surface area (TPSA) is 64.6 Å². The van der Waals surface area contributed by atoms with Gasteiger partial charge in [0.2, 0.25) is 10.0 Å². The van der Waals surface area contributed by atoms with E-state index in [4.69, 9.17) is 4.74 Å². The molecule has 0 unspecified atom stereocenters. The molecule has 19 heavy (non-hydrogen) atoms. The van der Waals surface area contributed by atoms with Crippen LogP contribution in [0.4, 0.5) is 8.78 Å². The number of methoxy groups -OCH3 is 1. The highest BCUT2D eigenvalue weighted by atomic mass is 32.2. The zero-order chi connectivity index (χ0) is 14.5. The average Bonchev–Trinajstić information content (AvgIpc) is 2.28. The third kappa shape index (κ3) is 5.84. The van der Waals surface area contributed by atoms with E-state index in [9.17, 15) is 17.2 Å². The van der Waals surface area contributed by atoms with Gasteiger partial charge in [0.1, 0.15) is 0 Å². The molecule has 0 spiro atoms. The fraction of sp³-hybridized carbons (Fsp3) is 0.455. The lowest BCUT2D eigenvalue weighted by Gasteiger charge is -2.11. The maximum Gasteiger partial charge on any atom is 0.387 e. The third-order valence-electron chi connectivity index (χ3n) is 2.22. The van der Waals surface area contributed by atoms with Crippen molar-refractivity contribution in [3.8, 4) is 11.5 Å². The van der Waals surface area contributed by atoms with Crippen LogP contribution in [0.5, 0.6) is 11.5 Å². The highest BCUT2D eigenvalue weighted by Crippen LogP contribution is 2.29. The summed E-state index contributed by atoms with van der Waals surface area (Å²) in [4.78, 5) is 0. The fourth-order valence-electron chi connectivity index (χ4n) is 1.44. The van der Waals surface area contributed by atoms with E-state index in [0.29, 0.717) is 6.42 Å². The van der Waals surface area contributed by atoms with Gasteiger partial charge in [0, 0.05) is 6.54 Å². The van der Waals surface area contributed by atoms with Gasteiger partial charge in [0.25, 0.3) is 0 Å². The SMILES string of the molecule is COc1cc(CCNS(C)(=O)=O)ccc1OC(F)F. The molecule has 1 aromatic carbocycles. The Balaban J connectivity index is 2.71. The van der Waals surface area contributed by atoms with Crippen molar-refractivity contribution < 1.29 is 26.7 Å². The molecule has 5 nitrogen and oxygen atoms in total. The first kappa shape index (κ1) is 15.6. The maximum absolute atomic E-state index is 12.1. The maximum atomic E-state index is 12.1. The lowest BCUT2D eigenvalue weighted by Crippen LogP contribution is -2.24. The van der Waals surface area contributed by atoms with Crippen molar-refractivity contribution in [2.24, 2.45) is 0 Å². The van der Waals surface area contributed by atoms with Crippen LogP contribution < -0.4 is 14.2 Å². The normalized spacial score (nSPS) is 11.6. The average molecular weight is 295 g/mol. The second-order valence-corrected chi connectivity index (χ2v) is 5.61. The lowest BCUT2D eigenvalue weighted by molar-refractivity contribution is -0.0512. The molecule has 0 aliphatic rings. The summed E-state index contributed by atoms with van der Waals surface area (Å²) in [7, 11) is -1.90. The van der Waals surface area contributed by atoms with Crippen molar-refractivity contribution in [1.29, 1.82) is 0 Å². The summed E-state index contributed by atoms with van der Waals surface area (Å²) in [6.07, 6.45) is 1.48. The van der Waals surface area contributed by atoms with Crippen LogP contribution in [0, 0.1) is 0 Å². The fourth-order valence-corrected chi connectivity index (χ4v) is 1.91. The molecule has 8 heteroatoms. The van der Waals surface area contributed by atoms with Gasteiger partial charge < -0.3 is 9.47 Å². The van der Waals surface area contributed by atoms with Gasteiger partial charge >= 0.3 is 6.61 Å². The Hall–Kier alpha value is -1.41. The molecule has 0 amide bonds. The number of nitrogens with one attached hydrogen (secondary N) is 1. The Kier molecular flexibility index (Phi) is 5.49. The minimum absolute atomic E-state index is 0.0580. The van der Waals surface area contributed by atoms with Gasteiger partial charge in [-0.25, -0.2) is 13.1 Å². The van der Waals surface area contributed by atoms with Gasteiger partial charge in [-0.15, -0.1) is 0 Å². The van der Waals surface area contributed by atoms with Gasteiger partial charge in [0.15, 0.2) is 11.5 Å². The van der Waals surface area contributed by atoms with Gasteiger partial charge in [-0.2, -0.15) is 8.78 Å². The van der Waals surface area contributed by atoms with E-state index in [-0.39, 0.29) is 18.0 Å². The molecule has 1 aromatic rings. The van der Waals surface area contributed by atoms with Crippen LogP contribution in [-0.4, -0.2) is 34.9 Å². The van der Waals surface area contributed by atoms with Gasteiger partial charge in [-0.1, -0.05) is 6.07 Å². The predicted molar refractivity (Wildman–Crippen MR) is 66.2 cm³/mol. The molecule has 1 N–H and O–H groups in total. The molecule has 0 heterocycles. The Bertz CT molecular complexity index is 519. The van der Waals surface area contributed by atoms with Crippen LogP contribution in [0.25, 0.3) is 0 Å². The van der Waals surface area contributed by atoms with Crippen LogP contribution in [0.2, 0.25) is 0 Å². The molecule has 0 atom stereocenters. The first-order chi connectivity index (χ1) is 8.81. The Morgan fingerprint density at radius 3 is 2.53 bits per heavy atom. The third-order valence-corrected chi connectivity index (χ3v) is 2.95. The summed E-state index contributed by atoms with van der Waals surface area (Å²) in [5.74, 6) is 0.120. The molecular formula is C11H15F2NO4S. The zero-order valence-corrected chi connectivity index (χ0v) is 11.3. The number of ether oxygens (including phenoxy) is 2. The number of hydrogen-bond acceptors (Lipinski definition) is 4. The summed E-state index contributed by atoms with van der Waals surface area (Å²) in [6.45, 7) is -2.71. The van der Waals surface area contributed by atoms with Crippen LogP contribution in [-0.2, 0) is 16.4 Å². The minimum atomic E-state index is -3.24. The number of hydrogen-bond donors (Lipinski definition) is 1. The van der Waals surface area contributed by atoms with E-state index >= 15 is 0 Å². The van der Waals surface area contributed by atoms with Crippen LogP contribution in [0.1, 0.15) is 5.56 Å². The van der Waals surface area contributed by atoms with E-state index in [1.54, 1.807) is 6.07 Å². The molecule has 0 saturated heterocycles. The van der Waals surface area contributed by atoms with E-state index in [1.807, 2.05) is 0 Å². The molecule has 0 fully saturated rings. The number of rotatable bonds is 7. The van der Waals surface area contributed by atoms with E-state index in [1.165, 1.54) is 19.2 Å². The largest absolute Gasteiger partial charge is 0.493 e. The van der Waals surface area contributed by atoms with Gasteiger partial charge in [-0.3, -0.25) is 0 Å². The van der Waals surface area contributed by atoms with Crippen LogP contribution in [0.3, 0.4) is 0 Å². The zero-order valence-electron chi connectivity index (χ0n) is 10.5. The monoisotopic (exact) mass is 295 g/mol. The van der Waals surface area contributed by atoms with Crippen LogP contribution >= 0.6 is 0 Å². The highest BCUT2D eigenvalue weighted by molar-refractivity contribution is 7.88. The Labute approximate surface area is 110 Å². The standard InChI is InChI=1S/C11H15F2NO4S/c1-17-10-7-8(5-6-14-19(2,15)16)3-4-9(10)18-11(12)13/h3-4,7,11,14H,5-6H2,1-2H3. The smallest absolute Gasteiger partial charge is 0.387 e. The van der Waals surface area contributed by atoms with Crippen molar-refractivity contribution in [2.75, 3.05) is 19.9 Å². The summed E-state index contributed by atoms with van der Waals surface area (Å²) >= 11 is 0. The molecular weight excluding hydrogens is 280 g/mol. The molecule has 0 aliphatic heterocycles. The number of alkyl halides is 2. The molecule has 1 rings (SSSR count). The lowest BCUT2D eigenvalue weighted by atomic mass is 10.1. The minimum Gasteiger partial charge on any atom is -0.493 e. The van der Waals surface area contributed by atoms with Crippen molar-refractivity contribution in [3.05, 3.63) is 23.8 Å². The molecule has 0 aliphatic carbocycles. The van der Waals surface area contributed by atoms with Crippen molar-refractivity contribution in [1.82, 2.24) is 4.72 Å². The summed E-state index contributed by atoms with van der Waals surface area (Å²) in [6, 6.07) is 4.46. The first-order valence-electron chi connectivity index (χ1n) is 5.38. The van der Waals surface area contributed by atoms with Crippen molar-refractivity contribution >= 4 is 10.0 Å². The van der Waals surface area contributed by atoms with Crippen molar-refractivity contribution in [3.63, 3.8) is 0 Å². The summed E-state index contributed by atoms with van der Waals surface area (Å²) in [5, 5.41) is 0. The number of halogens is 2. The molecule has 0 bridgehead atoms. The van der Waals surface area contributed by atoms with Crippen LogP contribution in [0.15, 0.2) is 18.2 Å².